The minimum absolute atomic E-state index is 0.0126. The summed E-state index contributed by atoms with van der Waals surface area (Å²) in [6, 6.07) is 9.97. The molecule has 4 rings (SSSR count). The van der Waals surface area contributed by atoms with Crippen LogP contribution in [-0.2, 0) is 6.18 Å². The first-order chi connectivity index (χ1) is 14.1. The van der Waals surface area contributed by atoms with E-state index >= 15 is 0 Å². The number of fused-ring (bicyclic) bond motifs is 1. The second kappa shape index (κ2) is 6.97. The van der Waals surface area contributed by atoms with E-state index in [1.54, 1.807) is 19.1 Å². The largest absolute Gasteiger partial charge is 0.416 e. The number of halogens is 5. The van der Waals surface area contributed by atoms with Gasteiger partial charge in [0.25, 0.3) is 0 Å². The molecule has 0 amide bonds. The predicted molar refractivity (Wildman–Crippen MR) is 103 cm³/mol. The second-order valence-electron chi connectivity index (χ2n) is 6.60. The van der Waals surface area contributed by atoms with Crippen molar-refractivity contribution >= 4 is 28.2 Å². The molecule has 0 aliphatic rings. The summed E-state index contributed by atoms with van der Waals surface area (Å²) >= 11 is 0. The Hall–Kier alpha value is -3.69. The van der Waals surface area contributed by atoms with Crippen molar-refractivity contribution in [2.45, 2.75) is 13.1 Å². The summed E-state index contributed by atoms with van der Waals surface area (Å²) in [5, 5.41) is 3.33. The van der Waals surface area contributed by atoms with Crippen molar-refractivity contribution in [3.8, 4) is 5.95 Å². The Balaban J connectivity index is 1.77. The summed E-state index contributed by atoms with van der Waals surface area (Å²) in [5.74, 6) is -2.23. The van der Waals surface area contributed by atoms with E-state index in [4.69, 9.17) is 5.73 Å². The maximum Gasteiger partial charge on any atom is 0.416 e. The van der Waals surface area contributed by atoms with Crippen LogP contribution < -0.4 is 11.1 Å². The quantitative estimate of drug-likeness (QED) is 0.439. The molecule has 30 heavy (non-hydrogen) atoms. The van der Waals surface area contributed by atoms with Crippen LogP contribution in [0.4, 0.5) is 39.3 Å². The van der Waals surface area contributed by atoms with Crippen molar-refractivity contribution in [3.05, 3.63) is 71.4 Å². The number of nitrogens with one attached hydrogen (secondary N) is 1. The van der Waals surface area contributed by atoms with Crippen molar-refractivity contribution in [1.82, 2.24) is 14.5 Å². The molecule has 0 aliphatic carbocycles. The number of nitrogen functional groups attached to an aromatic ring is 1. The van der Waals surface area contributed by atoms with Gasteiger partial charge in [-0.1, -0.05) is 0 Å². The van der Waals surface area contributed by atoms with E-state index < -0.39 is 29.2 Å². The number of benzene rings is 2. The number of aryl methyl sites for hydroxylation is 1. The van der Waals surface area contributed by atoms with Crippen LogP contribution in [0.5, 0.6) is 0 Å². The molecule has 5 nitrogen and oxygen atoms in total. The van der Waals surface area contributed by atoms with E-state index in [2.05, 4.69) is 15.3 Å². The zero-order valence-electron chi connectivity index (χ0n) is 15.4. The summed E-state index contributed by atoms with van der Waals surface area (Å²) in [7, 11) is 0. The maximum absolute atomic E-state index is 14.5. The fourth-order valence-electron chi connectivity index (χ4n) is 3.09. The van der Waals surface area contributed by atoms with Crippen LogP contribution in [0.15, 0.2) is 48.5 Å². The molecular formula is C20H14F5N5. The highest BCUT2D eigenvalue weighted by atomic mass is 19.4. The first-order valence-corrected chi connectivity index (χ1v) is 8.69. The second-order valence-corrected chi connectivity index (χ2v) is 6.60. The topological polar surface area (TPSA) is 68.8 Å². The van der Waals surface area contributed by atoms with E-state index in [9.17, 15) is 22.0 Å². The smallest absolute Gasteiger partial charge is 0.381 e. The molecule has 0 saturated heterocycles. The highest BCUT2D eigenvalue weighted by molar-refractivity contribution is 5.83. The molecule has 0 spiro atoms. The number of alkyl halides is 3. The van der Waals surface area contributed by atoms with Gasteiger partial charge in [0, 0.05) is 16.8 Å². The molecular weight excluding hydrogens is 405 g/mol. The monoisotopic (exact) mass is 419 g/mol. The molecule has 0 saturated carbocycles. The molecule has 0 atom stereocenters. The standard InChI is InChI=1S/C20H14F5N5/c1-10-8-11-2-5-13(21)9-15(11)30(10)19-28-17(26)16(22)18(29-19)27-14-6-3-12(4-7-14)20(23,24)25/h2-9H,1H3,(H3,26,27,28,29). The number of nitrogens with two attached hydrogens (primary N) is 1. The lowest BCUT2D eigenvalue weighted by Crippen LogP contribution is -2.11. The van der Waals surface area contributed by atoms with E-state index in [-0.39, 0.29) is 17.5 Å². The molecule has 0 fully saturated rings. The van der Waals surface area contributed by atoms with Gasteiger partial charge in [-0.2, -0.15) is 27.5 Å². The third kappa shape index (κ3) is 3.51. The Kier molecular flexibility index (Phi) is 4.56. The predicted octanol–water partition coefficient (Wildman–Crippen LogP) is 5.35. The van der Waals surface area contributed by atoms with Crippen molar-refractivity contribution in [1.29, 1.82) is 0 Å². The van der Waals surface area contributed by atoms with Gasteiger partial charge < -0.3 is 11.1 Å². The molecule has 3 N–H and O–H groups in total. The van der Waals surface area contributed by atoms with E-state index in [1.807, 2.05) is 0 Å². The van der Waals surface area contributed by atoms with E-state index in [0.29, 0.717) is 11.2 Å². The summed E-state index contributed by atoms with van der Waals surface area (Å²) in [4.78, 5) is 8.07. The summed E-state index contributed by atoms with van der Waals surface area (Å²) in [6.45, 7) is 1.74. The Morgan fingerprint density at radius 1 is 0.967 bits per heavy atom. The summed E-state index contributed by atoms with van der Waals surface area (Å²) in [6.07, 6.45) is -4.49. The molecule has 2 heterocycles. The lowest BCUT2D eigenvalue weighted by Gasteiger charge is -2.13. The molecule has 154 valence electrons. The van der Waals surface area contributed by atoms with E-state index in [1.165, 1.54) is 16.7 Å². The van der Waals surface area contributed by atoms with Crippen LogP contribution in [0.25, 0.3) is 16.9 Å². The Bertz CT molecular complexity index is 1250. The summed E-state index contributed by atoms with van der Waals surface area (Å²) in [5.41, 5.74) is 6.13. The van der Waals surface area contributed by atoms with Gasteiger partial charge in [-0.25, -0.2) is 4.39 Å². The van der Waals surface area contributed by atoms with Gasteiger partial charge in [-0.3, -0.25) is 4.57 Å². The fourth-order valence-corrected chi connectivity index (χ4v) is 3.09. The SMILES string of the molecule is Cc1cc2ccc(F)cc2n1-c1nc(N)c(F)c(Nc2ccc(C(F)(F)F)cc2)n1. The molecule has 4 aromatic rings. The van der Waals surface area contributed by atoms with Gasteiger partial charge in [0.1, 0.15) is 5.82 Å². The Labute approximate surface area is 167 Å². The number of hydrogen-bond acceptors (Lipinski definition) is 4. The average Bonchev–Trinajstić information content (AvgIpc) is 3.00. The molecule has 0 bridgehead atoms. The van der Waals surface area contributed by atoms with Crippen LogP contribution in [0.1, 0.15) is 11.3 Å². The highest BCUT2D eigenvalue weighted by Crippen LogP contribution is 2.31. The maximum atomic E-state index is 14.5. The number of rotatable bonds is 3. The fraction of sp³-hybridized carbons (Fsp3) is 0.100. The lowest BCUT2D eigenvalue weighted by atomic mass is 10.2. The highest BCUT2D eigenvalue weighted by Gasteiger charge is 2.30. The Morgan fingerprint density at radius 3 is 2.33 bits per heavy atom. The number of nitrogens with zero attached hydrogens (tertiary/aromatic N) is 3. The van der Waals surface area contributed by atoms with Crippen LogP contribution in [0, 0.1) is 18.6 Å². The molecule has 0 aliphatic heterocycles. The minimum atomic E-state index is -4.49. The zero-order chi connectivity index (χ0) is 21.6. The zero-order valence-corrected chi connectivity index (χ0v) is 15.4. The van der Waals surface area contributed by atoms with Gasteiger partial charge >= 0.3 is 6.18 Å². The minimum Gasteiger partial charge on any atom is -0.381 e. The third-order valence-corrected chi connectivity index (χ3v) is 4.49. The normalized spacial score (nSPS) is 11.8. The first-order valence-electron chi connectivity index (χ1n) is 8.69. The van der Waals surface area contributed by atoms with Gasteiger partial charge in [0.15, 0.2) is 11.6 Å². The van der Waals surface area contributed by atoms with Crippen LogP contribution >= 0.6 is 0 Å². The van der Waals surface area contributed by atoms with Crippen molar-refractivity contribution in [3.63, 3.8) is 0 Å². The lowest BCUT2D eigenvalue weighted by molar-refractivity contribution is -0.137. The molecule has 0 radical (unpaired) electrons. The molecule has 0 unspecified atom stereocenters. The van der Waals surface area contributed by atoms with Crippen molar-refractivity contribution in [2.75, 3.05) is 11.1 Å². The number of aromatic nitrogens is 3. The van der Waals surface area contributed by atoms with Gasteiger partial charge in [-0.05, 0) is 55.5 Å². The average molecular weight is 419 g/mol. The number of hydrogen-bond donors (Lipinski definition) is 2. The van der Waals surface area contributed by atoms with Crippen molar-refractivity contribution in [2.24, 2.45) is 0 Å². The Morgan fingerprint density at radius 2 is 1.67 bits per heavy atom. The first kappa shape index (κ1) is 19.6. The molecule has 2 aromatic carbocycles. The van der Waals surface area contributed by atoms with Gasteiger partial charge in [0.05, 0.1) is 11.1 Å². The van der Waals surface area contributed by atoms with Gasteiger partial charge in [0.2, 0.25) is 11.8 Å². The summed E-state index contributed by atoms with van der Waals surface area (Å²) < 4.78 is 67.9. The molecule has 2 aromatic heterocycles. The molecule has 10 heteroatoms. The van der Waals surface area contributed by atoms with Gasteiger partial charge in [-0.15, -0.1) is 0 Å². The van der Waals surface area contributed by atoms with Crippen LogP contribution in [0.3, 0.4) is 0 Å². The third-order valence-electron chi connectivity index (χ3n) is 4.49. The van der Waals surface area contributed by atoms with Crippen LogP contribution in [-0.4, -0.2) is 14.5 Å². The van der Waals surface area contributed by atoms with Crippen molar-refractivity contribution < 1.29 is 22.0 Å². The number of anilines is 3. The van der Waals surface area contributed by atoms with E-state index in [0.717, 1.165) is 29.7 Å². The van der Waals surface area contributed by atoms with Crippen LogP contribution in [0.2, 0.25) is 0 Å².